The number of phosphoric acid groups is 1. The number of carbonyl (C=O) groups excluding carboxylic acids is 2. The molecule has 6 unspecified atom stereocenters. The van der Waals surface area contributed by atoms with Gasteiger partial charge in [-0.15, -0.1) is 0 Å². The van der Waals surface area contributed by atoms with Gasteiger partial charge in [-0.1, -0.05) is 121 Å². The molecule has 0 aliphatic heterocycles. The molecule has 1 rings (SSSR count). The summed E-state index contributed by atoms with van der Waals surface area (Å²) >= 11 is 0. The van der Waals surface area contributed by atoms with Crippen molar-refractivity contribution in [2.45, 2.75) is 185 Å². The fourth-order valence-electron chi connectivity index (χ4n) is 5.71. The zero-order chi connectivity index (χ0) is 39.3. The number of aliphatic hydroxyl groups excluding tert-OH is 5. The van der Waals surface area contributed by atoms with Gasteiger partial charge in [0.25, 0.3) is 0 Å². The molecule has 1 saturated carbocycles. The third-order valence-corrected chi connectivity index (χ3v) is 9.97. The first-order chi connectivity index (χ1) is 25.4. The lowest BCUT2D eigenvalue weighted by atomic mass is 9.85. The molecule has 1 aliphatic carbocycles. The third-order valence-electron chi connectivity index (χ3n) is 8.98. The number of hydrogen-bond acceptors (Lipinski definition) is 12. The van der Waals surface area contributed by atoms with Crippen LogP contribution in [0.5, 0.6) is 0 Å². The van der Waals surface area contributed by atoms with Crippen LogP contribution in [0, 0.1) is 0 Å². The fourth-order valence-corrected chi connectivity index (χ4v) is 6.69. The van der Waals surface area contributed by atoms with Gasteiger partial charge < -0.3 is 39.9 Å². The lowest BCUT2D eigenvalue weighted by Gasteiger charge is -2.41. The smallest absolute Gasteiger partial charge is 0.462 e. The molecule has 0 aromatic carbocycles. The Balaban J connectivity index is 2.55. The highest BCUT2D eigenvalue weighted by Crippen LogP contribution is 2.47. The van der Waals surface area contributed by atoms with Crippen LogP contribution >= 0.6 is 7.82 Å². The summed E-state index contributed by atoms with van der Waals surface area (Å²) < 4.78 is 33.2. The van der Waals surface area contributed by atoms with Gasteiger partial charge in [0.05, 0.1) is 6.61 Å². The Bertz CT molecular complexity index is 1080. The van der Waals surface area contributed by atoms with Crippen LogP contribution in [0.1, 0.15) is 142 Å². The SMILES string of the molecule is CCCCCCCC/C=C/C/C=C/C/C=C/CCCC(=O)O[C@H](COC(=O)CCCCCCCCC)COP(=O)(O)OC1C(O)C(O)C(O)[C@@H](O)C1O. The molecule has 8 atom stereocenters. The average Bonchev–Trinajstić information content (AvgIpc) is 3.13. The molecular formula is C39H69O13P. The summed E-state index contributed by atoms with van der Waals surface area (Å²) in [5.41, 5.74) is 0. The maximum Gasteiger partial charge on any atom is 0.472 e. The topological polar surface area (TPSA) is 210 Å². The van der Waals surface area contributed by atoms with E-state index in [1.54, 1.807) is 0 Å². The Morgan fingerprint density at radius 3 is 1.60 bits per heavy atom. The van der Waals surface area contributed by atoms with Gasteiger partial charge in [-0.05, 0) is 44.9 Å². The van der Waals surface area contributed by atoms with E-state index in [2.05, 4.69) is 38.2 Å². The van der Waals surface area contributed by atoms with Crippen molar-refractivity contribution in [2.75, 3.05) is 13.2 Å². The van der Waals surface area contributed by atoms with Gasteiger partial charge in [-0.25, -0.2) is 4.57 Å². The molecule has 1 aliphatic rings. The van der Waals surface area contributed by atoms with Gasteiger partial charge in [0.1, 0.15) is 43.2 Å². The molecule has 0 radical (unpaired) electrons. The monoisotopic (exact) mass is 776 g/mol. The standard InChI is InChI=1S/C39H69O13P/c1-3-5-7-9-11-12-13-14-15-16-17-18-19-20-22-24-26-28-33(41)51-31(29-49-32(40)27-25-23-21-10-8-6-4-2)30-50-53(47,48)52-39-37(45)35(43)34(42)36(44)38(39)46/h14-15,17-18,20,22,31,34-39,42-46H,3-13,16,19,21,23-30H2,1-2H3,(H,47,48)/b15-14+,18-17+,22-20+/t31-,34?,35-,36?,37?,38?,39?/m1/s1. The molecule has 0 heterocycles. The van der Waals surface area contributed by atoms with Gasteiger partial charge in [-0.2, -0.15) is 0 Å². The number of unbranched alkanes of at least 4 members (excludes halogenated alkanes) is 13. The number of hydrogen-bond donors (Lipinski definition) is 6. The highest BCUT2D eigenvalue weighted by molar-refractivity contribution is 7.47. The summed E-state index contributed by atoms with van der Waals surface area (Å²) in [7, 11) is -5.12. The van der Waals surface area contributed by atoms with Crippen molar-refractivity contribution < 1.29 is 63.1 Å². The molecular weight excluding hydrogens is 707 g/mol. The van der Waals surface area contributed by atoms with E-state index >= 15 is 0 Å². The van der Waals surface area contributed by atoms with Crippen LogP contribution < -0.4 is 0 Å². The summed E-state index contributed by atoms with van der Waals surface area (Å²) in [6, 6.07) is 0. The molecule has 0 saturated heterocycles. The van der Waals surface area contributed by atoms with Crippen LogP contribution in [0.2, 0.25) is 0 Å². The molecule has 6 N–H and O–H groups in total. The Morgan fingerprint density at radius 2 is 1.04 bits per heavy atom. The van der Waals surface area contributed by atoms with Crippen molar-refractivity contribution >= 4 is 19.8 Å². The van der Waals surface area contributed by atoms with E-state index < -0.39 is 75.7 Å². The second-order valence-corrected chi connectivity index (χ2v) is 15.2. The molecule has 53 heavy (non-hydrogen) atoms. The summed E-state index contributed by atoms with van der Waals surface area (Å²) in [5.74, 6) is -1.17. The van der Waals surface area contributed by atoms with Crippen LogP contribution in [0.25, 0.3) is 0 Å². The number of ether oxygens (including phenoxy) is 2. The Labute approximate surface area is 317 Å². The van der Waals surface area contributed by atoms with Gasteiger partial charge in [0.2, 0.25) is 0 Å². The van der Waals surface area contributed by atoms with E-state index in [4.69, 9.17) is 18.5 Å². The number of aliphatic hydroxyl groups is 5. The molecule has 0 bridgehead atoms. The first-order valence-electron chi connectivity index (χ1n) is 19.8. The molecule has 0 aromatic rings. The van der Waals surface area contributed by atoms with Crippen molar-refractivity contribution in [1.82, 2.24) is 0 Å². The summed E-state index contributed by atoms with van der Waals surface area (Å²) in [5, 5.41) is 49.9. The zero-order valence-corrected chi connectivity index (χ0v) is 32.9. The van der Waals surface area contributed by atoms with Crippen molar-refractivity contribution in [2.24, 2.45) is 0 Å². The molecule has 1 fully saturated rings. The summed E-state index contributed by atoms with van der Waals surface area (Å²) in [6.07, 6.45) is 18.3. The number of allylic oxidation sites excluding steroid dienone is 6. The minimum absolute atomic E-state index is 0.0257. The summed E-state index contributed by atoms with van der Waals surface area (Å²) in [6.45, 7) is 3.16. The Kier molecular flexibility index (Phi) is 28.1. The molecule has 0 amide bonds. The third kappa shape index (κ3) is 23.6. The van der Waals surface area contributed by atoms with Crippen molar-refractivity contribution in [1.29, 1.82) is 0 Å². The quantitative estimate of drug-likeness (QED) is 0.0199. The van der Waals surface area contributed by atoms with Gasteiger partial charge >= 0.3 is 19.8 Å². The highest BCUT2D eigenvalue weighted by atomic mass is 31.2. The zero-order valence-electron chi connectivity index (χ0n) is 32.1. The number of carbonyl (C=O) groups is 2. The Hall–Kier alpha value is -1.93. The molecule has 0 spiro atoms. The maximum absolute atomic E-state index is 12.7. The average molecular weight is 777 g/mol. The first kappa shape index (κ1) is 49.1. The van der Waals surface area contributed by atoms with Crippen molar-refractivity contribution in [3.05, 3.63) is 36.5 Å². The minimum Gasteiger partial charge on any atom is -0.462 e. The van der Waals surface area contributed by atoms with Crippen molar-refractivity contribution in [3.8, 4) is 0 Å². The van der Waals surface area contributed by atoms with E-state index in [0.717, 1.165) is 51.4 Å². The molecule has 0 aromatic heterocycles. The normalized spacial score (nSPS) is 23.8. The molecule has 13 nitrogen and oxygen atoms in total. The highest BCUT2D eigenvalue weighted by Gasteiger charge is 2.51. The lowest BCUT2D eigenvalue weighted by Crippen LogP contribution is -2.64. The number of phosphoric ester groups is 1. The van der Waals surface area contributed by atoms with Crippen LogP contribution in [-0.2, 0) is 32.7 Å². The molecule has 308 valence electrons. The predicted octanol–water partition coefficient (Wildman–Crippen LogP) is 6.27. The van der Waals surface area contributed by atoms with E-state index in [-0.39, 0.29) is 12.8 Å². The van der Waals surface area contributed by atoms with Crippen LogP contribution in [0.15, 0.2) is 36.5 Å². The largest absolute Gasteiger partial charge is 0.472 e. The Morgan fingerprint density at radius 1 is 0.585 bits per heavy atom. The number of rotatable bonds is 31. The van der Waals surface area contributed by atoms with Crippen LogP contribution in [0.3, 0.4) is 0 Å². The summed E-state index contributed by atoms with van der Waals surface area (Å²) in [4.78, 5) is 35.3. The molecule has 14 heteroatoms. The second kappa shape index (κ2) is 30.3. The number of esters is 2. The van der Waals surface area contributed by atoms with Crippen molar-refractivity contribution in [3.63, 3.8) is 0 Å². The van der Waals surface area contributed by atoms with Gasteiger partial charge in [0, 0.05) is 12.8 Å². The van der Waals surface area contributed by atoms with Crippen LogP contribution in [-0.4, -0.2) is 98.3 Å². The van der Waals surface area contributed by atoms with E-state index in [9.17, 15) is 44.6 Å². The fraction of sp³-hybridized carbons (Fsp3) is 0.795. The van der Waals surface area contributed by atoms with Crippen LogP contribution in [0.4, 0.5) is 0 Å². The minimum atomic E-state index is -5.12. The van der Waals surface area contributed by atoms with Gasteiger partial charge in [0.15, 0.2) is 6.10 Å². The maximum atomic E-state index is 12.7. The van der Waals surface area contributed by atoms with Gasteiger partial charge in [-0.3, -0.25) is 18.6 Å². The van der Waals surface area contributed by atoms with E-state index in [0.29, 0.717) is 19.3 Å². The first-order valence-corrected chi connectivity index (χ1v) is 21.3. The van der Waals surface area contributed by atoms with E-state index in [1.807, 2.05) is 12.2 Å². The second-order valence-electron chi connectivity index (χ2n) is 13.8. The van der Waals surface area contributed by atoms with E-state index in [1.165, 1.54) is 44.9 Å². The predicted molar refractivity (Wildman–Crippen MR) is 203 cm³/mol. The lowest BCUT2D eigenvalue weighted by molar-refractivity contribution is -0.220.